The number of ether oxygens (including phenoxy) is 1. The molecule has 17 heavy (non-hydrogen) atoms. The van der Waals surface area contributed by atoms with Crippen LogP contribution in [-0.2, 0) is 9.53 Å². The van der Waals surface area contributed by atoms with Gasteiger partial charge in [0.25, 0.3) is 0 Å². The third kappa shape index (κ3) is 5.02. The van der Waals surface area contributed by atoms with Crippen LogP contribution in [0.25, 0.3) is 0 Å². The van der Waals surface area contributed by atoms with E-state index in [1.807, 2.05) is 20.9 Å². The molecule has 0 radical (unpaired) electrons. The van der Waals surface area contributed by atoms with Gasteiger partial charge in [-0.05, 0) is 32.7 Å². The Labute approximate surface area is 104 Å². The molecule has 5 nitrogen and oxygen atoms in total. The zero-order chi connectivity index (χ0) is 12.8. The van der Waals surface area contributed by atoms with E-state index in [-0.39, 0.29) is 17.9 Å². The highest BCUT2D eigenvalue weighted by Crippen LogP contribution is 2.28. The molecule has 0 spiro atoms. The summed E-state index contributed by atoms with van der Waals surface area (Å²) in [6.45, 7) is 6.38. The molecular weight excluding hydrogens is 218 g/mol. The van der Waals surface area contributed by atoms with Gasteiger partial charge in [0.2, 0.25) is 5.91 Å². The van der Waals surface area contributed by atoms with E-state index >= 15 is 0 Å². The highest BCUT2D eigenvalue weighted by Gasteiger charge is 2.23. The molecule has 0 heterocycles. The Balaban J connectivity index is 2.15. The first-order chi connectivity index (χ1) is 8.06. The average Bonchev–Trinajstić information content (AvgIpc) is 3.15. The van der Waals surface area contributed by atoms with Crippen LogP contribution in [0.5, 0.6) is 0 Å². The van der Waals surface area contributed by atoms with E-state index in [1.54, 1.807) is 0 Å². The fraction of sp³-hybridized carbons (Fsp3) is 0.917. The first-order valence-corrected chi connectivity index (χ1v) is 6.34. The van der Waals surface area contributed by atoms with Crippen LogP contribution in [0.2, 0.25) is 0 Å². The lowest BCUT2D eigenvalue weighted by Gasteiger charge is -2.28. The summed E-state index contributed by atoms with van der Waals surface area (Å²) in [7, 11) is 2.01. The first kappa shape index (κ1) is 14.4. The van der Waals surface area contributed by atoms with Gasteiger partial charge in [-0.2, -0.15) is 0 Å². The Morgan fingerprint density at radius 3 is 2.71 bits per heavy atom. The molecule has 0 bridgehead atoms. The molecule has 100 valence electrons. The number of hydrogen-bond donors (Lipinski definition) is 2. The smallest absolute Gasteiger partial charge is 0.238 e. The van der Waals surface area contributed by atoms with Crippen molar-refractivity contribution in [2.24, 2.45) is 17.7 Å². The van der Waals surface area contributed by atoms with Crippen molar-refractivity contribution < 1.29 is 9.53 Å². The summed E-state index contributed by atoms with van der Waals surface area (Å²) in [5, 5.41) is 0. The molecule has 2 atom stereocenters. The number of rotatable bonds is 8. The SMILES string of the molecule is CC(C(=O)NN)C(C)N(C)CCOCC1CC1. The minimum absolute atomic E-state index is 0.117. The molecular formula is C12H25N3O2. The number of likely N-dealkylation sites (N-methyl/N-ethyl adjacent to an activating group) is 1. The topological polar surface area (TPSA) is 67.6 Å². The molecule has 0 aliphatic heterocycles. The minimum Gasteiger partial charge on any atom is -0.380 e. The van der Waals surface area contributed by atoms with Crippen LogP contribution in [0.4, 0.5) is 0 Å². The molecule has 1 rings (SSSR count). The van der Waals surface area contributed by atoms with E-state index in [0.29, 0.717) is 0 Å². The van der Waals surface area contributed by atoms with Crippen molar-refractivity contribution in [2.75, 3.05) is 26.8 Å². The number of carbonyl (C=O) groups is 1. The largest absolute Gasteiger partial charge is 0.380 e. The zero-order valence-electron chi connectivity index (χ0n) is 11.1. The van der Waals surface area contributed by atoms with Crippen LogP contribution >= 0.6 is 0 Å². The lowest BCUT2D eigenvalue weighted by molar-refractivity contribution is -0.126. The number of nitrogens with zero attached hydrogens (tertiary/aromatic N) is 1. The van der Waals surface area contributed by atoms with E-state index in [4.69, 9.17) is 10.6 Å². The minimum atomic E-state index is -0.122. The van der Waals surface area contributed by atoms with Crippen LogP contribution in [0, 0.1) is 11.8 Å². The fourth-order valence-corrected chi connectivity index (χ4v) is 1.68. The van der Waals surface area contributed by atoms with Crippen molar-refractivity contribution in [3.63, 3.8) is 0 Å². The third-order valence-corrected chi connectivity index (χ3v) is 3.61. The summed E-state index contributed by atoms with van der Waals surface area (Å²) in [6.07, 6.45) is 2.64. The highest BCUT2D eigenvalue weighted by atomic mass is 16.5. The van der Waals surface area contributed by atoms with Crippen molar-refractivity contribution >= 4 is 5.91 Å². The second-order valence-electron chi connectivity index (χ2n) is 5.04. The van der Waals surface area contributed by atoms with Crippen molar-refractivity contribution in [3.8, 4) is 0 Å². The summed E-state index contributed by atoms with van der Waals surface area (Å²) >= 11 is 0. The van der Waals surface area contributed by atoms with E-state index in [9.17, 15) is 4.79 Å². The number of nitrogens with two attached hydrogens (primary N) is 1. The zero-order valence-corrected chi connectivity index (χ0v) is 11.1. The molecule has 0 saturated heterocycles. The van der Waals surface area contributed by atoms with Gasteiger partial charge in [-0.1, -0.05) is 6.92 Å². The van der Waals surface area contributed by atoms with Crippen molar-refractivity contribution in [3.05, 3.63) is 0 Å². The highest BCUT2D eigenvalue weighted by molar-refractivity contribution is 5.78. The van der Waals surface area contributed by atoms with E-state index in [0.717, 1.165) is 25.7 Å². The molecule has 0 aromatic heterocycles. The standard InChI is InChI=1S/C12H25N3O2/c1-9(12(16)14-13)10(2)15(3)6-7-17-8-11-4-5-11/h9-11H,4-8,13H2,1-3H3,(H,14,16). The lowest BCUT2D eigenvalue weighted by Crippen LogP contribution is -2.45. The van der Waals surface area contributed by atoms with Gasteiger partial charge in [0.1, 0.15) is 0 Å². The second-order valence-corrected chi connectivity index (χ2v) is 5.04. The van der Waals surface area contributed by atoms with Gasteiger partial charge in [0, 0.05) is 19.2 Å². The molecule has 1 amide bonds. The van der Waals surface area contributed by atoms with E-state index < -0.39 is 0 Å². The van der Waals surface area contributed by atoms with Gasteiger partial charge in [-0.3, -0.25) is 10.2 Å². The number of hydrazine groups is 1. The Bertz CT molecular complexity index is 244. The second kappa shape index (κ2) is 6.93. The lowest BCUT2D eigenvalue weighted by atomic mass is 10.0. The van der Waals surface area contributed by atoms with Crippen LogP contribution in [0.3, 0.4) is 0 Å². The molecule has 0 aromatic carbocycles. The summed E-state index contributed by atoms with van der Waals surface area (Å²) in [4.78, 5) is 13.5. The van der Waals surface area contributed by atoms with Crippen LogP contribution in [0.15, 0.2) is 0 Å². The molecule has 1 saturated carbocycles. The Kier molecular flexibility index (Phi) is 5.88. The van der Waals surface area contributed by atoms with Gasteiger partial charge in [0.15, 0.2) is 0 Å². The quantitative estimate of drug-likeness (QED) is 0.279. The van der Waals surface area contributed by atoms with Crippen molar-refractivity contribution in [1.82, 2.24) is 10.3 Å². The fourth-order valence-electron chi connectivity index (χ4n) is 1.68. The molecule has 0 aromatic rings. The summed E-state index contributed by atoms with van der Waals surface area (Å²) < 4.78 is 5.58. The van der Waals surface area contributed by atoms with Crippen molar-refractivity contribution in [1.29, 1.82) is 0 Å². The summed E-state index contributed by atoms with van der Waals surface area (Å²) in [6, 6.07) is 0.156. The van der Waals surface area contributed by atoms with Gasteiger partial charge >= 0.3 is 0 Å². The van der Waals surface area contributed by atoms with Gasteiger partial charge < -0.3 is 9.64 Å². The Hall–Kier alpha value is -0.650. The molecule has 1 aliphatic rings. The summed E-state index contributed by atoms with van der Waals surface area (Å²) in [5.74, 6) is 5.70. The molecule has 3 N–H and O–H groups in total. The number of nitrogens with one attached hydrogen (secondary N) is 1. The average molecular weight is 243 g/mol. The summed E-state index contributed by atoms with van der Waals surface area (Å²) in [5.41, 5.74) is 2.19. The van der Waals surface area contributed by atoms with Crippen LogP contribution in [-0.4, -0.2) is 43.7 Å². The maximum Gasteiger partial charge on any atom is 0.238 e. The van der Waals surface area contributed by atoms with Gasteiger partial charge in [0.05, 0.1) is 12.5 Å². The number of hydrogen-bond acceptors (Lipinski definition) is 4. The maximum absolute atomic E-state index is 11.4. The molecule has 1 fully saturated rings. The van der Waals surface area contributed by atoms with E-state index in [2.05, 4.69) is 10.3 Å². The molecule has 1 aliphatic carbocycles. The number of amides is 1. The van der Waals surface area contributed by atoms with Crippen molar-refractivity contribution in [2.45, 2.75) is 32.7 Å². The molecule has 2 unspecified atom stereocenters. The first-order valence-electron chi connectivity index (χ1n) is 6.34. The monoisotopic (exact) mass is 243 g/mol. The molecule has 5 heteroatoms. The Morgan fingerprint density at radius 2 is 2.18 bits per heavy atom. The predicted octanol–water partition coefficient (Wildman–Crippen LogP) is 0.359. The van der Waals surface area contributed by atoms with Crippen LogP contribution < -0.4 is 11.3 Å². The van der Waals surface area contributed by atoms with Crippen LogP contribution in [0.1, 0.15) is 26.7 Å². The maximum atomic E-state index is 11.4. The predicted molar refractivity (Wildman–Crippen MR) is 67.1 cm³/mol. The normalized spacial score (nSPS) is 19.1. The Morgan fingerprint density at radius 1 is 1.53 bits per heavy atom. The van der Waals surface area contributed by atoms with E-state index in [1.165, 1.54) is 12.8 Å². The third-order valence-electron chi connectivity index (χ3n) is 3.61. The number of carbonyl (C=O) groups excluding carboxylic acids is 1. The van der Waals surface area contributed by atoms with Gasteiger partial charge in [-0.25, -0.2) is 5.84 Å². The van der Waals surface area contributed by atoms with Gasteiger partial charge in [-0.15, -0.1) is 0 Å².